The molecule has 0 spiro atoms. The lowest BCUT2D eigenvalue weighted by molar-refractivity contribution is -0.165. The molecular weight excluding hydrogens is 542 g/mol. The van der Waals surface area contributed by atoms with E-state index in [-0.39, 0.29) is 18.2 Å². The molecule has 0 amide bonds. The second-order valence-electron chi connectivity index (χ2n) is 10.1. The minimum atomic E-state index is -0.733. The molecule has 2 aliphatic rings. The number of terminal acetylenes is 1. The lowest BCUT2D eigenvalue weighted by Crippen LogP contribution is -2.35. The predicted octanol–water partition coefficient (Wildman–Crippen LogP) is 5.69. The van der Waals surface area contributed by atoms with E-state index in [9.17, 15) is 0 Å². The van der Waals surface area contributed by atoms with Crippen molar-refractivity contribution >= 4 is 55.3 Å². The molecule has 2 N–H and O–H groups in total. The zero-order valence-electron chi connectivity index (χ0n) is 19.9. The fourth-order valence-electron chi connectivity index (χ4n) is 5.75. The summed E-state index contributed by atoms with van der Waals surface area (Å²) in [5.41, 5.74) is 8.28. The van der Waals surface area contributed by atoms with Crippen LogP contribution in [-0.4, -0.2) is 37.5 Å². The molecule has 1 aromatic carbocycles. The van der Waals surface area contributed by atoms with Crippen LogP contribution < -0.4 is 5.73 Å². The molecule has 184 valence electrons. The van der Waals surface area contributed by atoms with Gasteiger partial charge in [0, 0.05) is 11.6 Å². The molecule has 1 saturated heterocycles. The van der Waals surface area contributed by atoms with Gasteiger partial charge in [0.15, 0.2) is 5.79 Å². The van der Waals surface area contributed by atoms with E-state index in [1.54, 1.807) is 0 Å². The van der Waals surface area contributed by atoms with Gasteiger partial charge < -0.3 is 19.8 Å². The Morgan fingerprint density at radius 3 is 2.89 bits per heavy atom. The van der Waals surface area contributed by atoms with Crippen LogP contribution in [0.4, 0.5) is 5.82 Å². The summed E-state index contributed by atoms with van der Waals surface area (Å²) in [5.74, 6) is 2.89. The van der Waals surface area contributed by atoms with Crippen molar-refractivity contribution in [3.05, 3.63) is 58.0 Å². The van der Waals surface area contributed by atoms with Gasteiger partial charge in [0.25, 0.3) is 0 Å². The number of rotatable bonds is 4. The molecule has 4 atom stereocenters. The Morgan fingerprint density at radius 1 is 1.25 bits per heavy atom. The van der Waals surface area contributed by atoms with E-state index in [0.29, 0.717) is 17.4 Å². The highest BCUT2D eigenvalue weighted by Crippen LogP contribution is 2.55. The predicted molar refractivity (Wildman–Crippen MR) is 143 cm³/mol. The van der Waals surface area contributed by atoms with Crippen LogP contribution in [0, 0.1) is 17.8 Å². The molecule has 9 heteroatoms. The van der Waals surface area contributed by atoms with Crippen LogP contribution in [0.15, 0.2) is 47.3 Å². The largest absolute Gasteiger partial charge is 0.383 e. The lowest BCUT2D eigenvalue weighted by Gasteiger charge is -2.31. The number of aryl methyl sites for hydroxylation is 1. The molecule has 0 unspecified atom stereocenters. The first kappa shape index (κ1) is 23.7. The molecule has 3 aromatic heterocycles. The van der Waals surface area contributed by atoms with Gasteiger partial charge in [-0.3, -0.25) is 0 Å². The number of benzene rings is 1. The number of hydrogen-bond acceptors (Lipinski definition) is 6. The van der Waals surface area contributed by atoms with Crippen molar-refractivity contribution < 1.29 is 9.47 Å². The number of hydrogen-bond donors (Lipinski definition) is 1. The summed E-state index contributed by atoms with van der Waals surface area (Å²) >= 11 is 9.78. The third-order valence-corrected chi connectivity index (χ3v) is 8.39. The van der Waals surface area contributed by atoms with Gasteiger partial charge in [-0.25, -0.2) is 15.0 Å². The zero-order chi connectivity index (χ0) is 25.2. The number of ether oxygens (including phenoxy) is 2. The van der Waals surface area contributed by atoms with Crippen LogP contribution in [0.3, 0.4) is 0 Å². The van der Waals surface area contributed by atoms with E-state index >= 15 is 0 Å². The van der Waals surface area contributed by atoms with E-state index in [4.69, 9.17) is 33.2 Å². The van der Waals surface area contributed by atoms with Crippen molar-refractivity contribution in [1.29, 1.82) is 0 Å². The summed E-state index contributed by atoms with van der Waals surface area (Å²) in [7, 11) is 0. The van der Waals surface area contributed by atoms with Gasteiger partial charge in [0.1, 0.15) is 35.2 Å². The van der Waals surface area contributed by atoms with E-state index in [2.05, 4.69) is 59.6 Å². The molecule has 1 aliphatic heterocycles. The summed E-state index contributed by atoms with van der Waals surface area (Å²) < 4.78 is 15.8. The number of nitrogens with two attached hydrogens (primary N) is 1. The molecule has 0 bridgehead atoms. The van der Waals surface area contributed by atoms with Gasteiger partial charge in [-0.15, -0.1) is 6.42 Å². The van der Waals surface area contributed by atoms with E-state index in [0.717, 1.165) is 44.8 Å². The van der Waals surface area contributed by atoms with E-state index in [1.165, 1.54) is 6.33 Å². The van der Waals surface area contributed by atoms with Crippen LogP contribution in [0.5, 0.6) is 0 Å². The molecule has 4 heterocycles. The second kappa shape index (κ2) is 8.42. The fraction of sp³-hybridized carbons (Fsp3) is 0.370. The van der Waals surface area contributed by atoms with Gasteiger partial charge in [-0.1, -0.05) is 29.7 Å². The molecule has 4 aromatic rings. The third-order valence-electron chi connectivity index (χ3n) is 7.45. The number of pyridine rings is 1. The van der Waals surface area contributed by atoms with Crippen LogP contribution in [0.2, 0.25) is 5.15 Å². The minimum Gasteiger partial charge on any atom is -0.383 e. The van der Waals surface area contributed by atoms with Crippen LogP contribution in [0.25, 0.3) is 21.9 Å². The van der Waals surface area contributed by atoms with Crippen molar-refractivity contribution in [3.8, 4) is 12.3 Å². The number of halogens is 2. The summed E-state index contributed by atoms with van der Waals surface area (Å²) in [5, 5.41) is 2.27. The Bertz CT molecular complexity index is 1550. The highest BCUT2D eigenvalue weighted by molar-refractivity contribution is 9.10. The summed E-state index contributed by atoms with van der Waals surface area (Å²) in [6.07, 6.45) is 11.5. The Morgan fingerprint density at radius 2 is 2.08 bits per heavy atom. The van der Waals surface area contributed by atoms with Crippen molar-refractivity contribution in [1.82, 2.24) is 19.5 Å². The Labute approximate surface area is 222 Å². The molecule has 1 saturated carbocycles. The van der Waals surface area contributed by atoms with Gasteiger partial charge >= 0.3 is 0 Å². The minimum absolute atomic E-state index is 0.0493. The average Bonchev–Trinajstić information content (AvgIpc) is 3.49. The molecule has 0 radical (unpaired) electrons. The van der Waals surface area contributed by atoms with E-state index in [1.807, 2.05) is 32.2 Å². The Kier molecular flexibility index (Phi) is 5.54. The maximum Gasteiger partial charge on any atom is 0.163 e. The SMILES string of the molecule is C#C[C@]1(CCc2ccc3cc(Br)c(N)nc3c2)C[C@@H](n2ccc3c(Cl)ncnc32)[C@@H]2OC(C)(C)O[C@@H]21. The topological polar surface area (TPSA) is 88.1 Å². The molecule has 6 rings (SSSR count). The number of aromatic nitrogens is 4. The van der Waals surface area contributed by atoms with Gasteiger partial charge in [0.05, 0.1) is 26.8 Å². The van der Waals surface area contributed by atoms with Crippen LogP contribution in [-0.2, 0) is 15.9 Å². The first-order chi connectivity index (χ1) is 17.2. The van der Waals surface area contributed by atoms with Crippen molar-refractivity contribution in [3.63, 3.8) is 0 Å². The molecular formula is C27H25BrClN5O2. The summed E-state index contributed by atoms with van der Waals surface area (Å²) in [4.78, 5) is 13.1. The van der Waals surface area contributed by atoms with Gasteiger partial charge in [-0.05, 0) is 72.8 Å². The molecule has 36 heavy (non-hydrogen) atoms. The standard InChI is InChI=1S/C27H25BrClN5O2/c1-4-27(9-7-15-5-6-16-12-18(28)24(30)33-19(16)11-15)13-20(21-22(27)36-26(2,3)35-21)34-10-8-17-23(29)31-14-32-25(17)34/h1,5-6,8,10-12,14,20-22H,7,9,13H2,2-3H3,(H2,30,33)/t20-,21+,22+,27+/m1/s1. The normalized spacial score (nSPS) is 26.9. The second-order valence-corrected chi connectivity index (χ2v) is 11.3. The molecule has 2 fully saturated rings. The smallest absolute Gasteiger partial charge is 0.163 e. The lowest BCUT2D eigenvalue weighted by atomic mass is 9.79. The first-order valence-electron chi connectivity index (χ1n) is 11.8. The third kappa shape index (κ3) is 3.77. The molecule has 7 nitrogen and oxygen atoms in total. The number of fused-ring (bicyclic) bond motifs is 3. The van der Waals surface area contributed by atoms with Crippen molar-refractivity contribution in [2.45, 2.75) is 57.1 Å². The Hall–Kier alpha value is -2.70. The Balaban J connectivity index is 1.34. The molecule has 1 aliphatic carbocycles. The maximum atomic E-state index is 6.46. The van der Waals surface area contributed by atoms with Gasteiger partial charge in [0.2, 0.25) is 0 Å². The van der Waals surface area contributed by atoms with Crippen molar-refractivity contribution in [2.24, 2.45) is 5.41 Å². The van der Waals surface area contributed by atoms with Crippen molar-refractivity contribution in [2.75, 3.05) is 5.73 Å². The number of nitrogen functional groups attached to an aromatic ring is 1. The maximum absolute atomic E-state index is 6.46. The highest BCUT2D eigenvalue weighted by Gasteiger charge is 2.61. The highest BCUT2D eigenvalue weighted by atomic mass is 79.9. The fourth-order valence-corrected chi connectivity index (χ4v) is 6.28. The average molecular weight is 567 g/mol. The number of nitrogens with zero attached hydrogens (tertiary/aromatic N) is 4. The summed E-state index contributed by atoms with van der Waals surface area (Å²) in [6.45, 7) is 3.88. The monoisotopic (exact) mass is 565 g/mol. The van der Waals surface area contributed by atoms with Crippen LogP contribution in [0.1, 0.15) is 38.3 Å². The van der Waals surface area contributed by atoms with Gasteiger partial charge in [-0.2, -0.15) is 0 Å². The number of anilines is 1. The summed E-state index contributed by atoms with van der Waals surface area (Å²) in [6, 6.07) is 10.1. The first-order valence-corrected chi connectivity index (χ1v) is 13.0. The van der Waals surface area contributed by atoms with Crippen LogP contribution >= 0.6 is 27.5 Å². The quantitative estimate of drug-likeness (QED) is 0.252. The zero-order valence-corrected chi connectivity index (χ0v) is 22.3. The van der Waals surface area contributed by atoms with E-state index < -0.39 is 11.2 Å².